The predicted molar refractivity (Wildman–Crippen MR) is 44.0 cm³/mol. The van der Waals surface area contributed by atoms with E-state index in [1.807, 2.05) is 0 Å². The molecule has 0 saturated heterocycles. The highest BCUT2D eigenvalue weighted by molar-refractivity contribution is 6.34. The van der Waals surface area contributed by atoms with Crippen LogP contribution >= 0.6 is 23.2 Å². The van der Waals surface area contributed by atoms with E-state index in [-0.39, 0.29) is 0 Å². The summed E-state index contributed by atoms with van der Waals surface area (Å²) < 4.78 is 0. The second kappa shape index (κ2) is 2.52. The maximum atomic E-state index is 5.88. The van der Waals surface area contributed by atoms with Crippen LogP contribution < -0.4 is 11.5 Å². The molecule has 0 unspecified atom stereocenters. The monoisotopic (exact) mass is 182 g/mol. The third-order valence-corrected chi connectivity index (χ3v) is 3.17. The lowest BCUT2D eigenvalue weighted by atomic mass is 9.90. The maximum absolute atomic E-state index is 5.88. The van der Waals surface area contributed by atoms with E-state index in [0.717, 1.165) is 12.8 Å². The molecule has 0 aromatic heterocycles. The van der Waals surface area contributed by atoms with Crippen molar-refractivity contribution in [2.45, 2.75) is 35.7 Å². The number of nitrogens with two attached hydrogens (primary N) is 2. The van der Waals surface area contributed by atoms with Gasteiger partial charge in [0.15, 0.2) is 0 Å². The molecule has 0 spiro atoms. The SMILES string of the molecule is N[C@]1(Cl)CCCC[C@]1(N)Cl. The molecule has 1 saturated carbocycles. The average molecular weight is 183 g/mol. The Bertz CT molecular complexity index is 118. The molecule has 0 aromatic rings. The molecule has 0 amide bonds. The highest BCUT2D eigenvalue weighted by Gasteiger charge is 2.45. The van der Waals surface area contributed by atoms with E-state index >= 15 is 0 Å². The van der Waals surface area contributed by atoms with Gasteiger partial charge in [0, 0.05) is 0 Å². The van der Waals surface area contributed by atoms with Crippen molar-refractivity contribution in [3.05, 3.63) is 0 Å². The number of rotatable bonds is 0. The van der Waals surface area contributed by atoms with Crippen molar-refractivity contribution in [1.29, 1.82) is 0 Å². The van der Waals surface area contributed by atoms with Crippen LogP contribution in [0.25, 0.3) is 0 Å². The molecule has 10 heavy (non-hydrogen) atoms. The van der Waals surface area contributed by atoms with Gasteiger partial charge in [0.2, 0.25) is 0 Å². The molecule has 60 valence electrons. The second-order valence-electron chi connectivity index (χ2n) is 2.93. The van der Waals surface area contributed by atoms with E-state index in [0.29, 0.717) is 12.8 Å². The fourth-order valence-corrected chi connectivity index (χ4v) is 1.64. The first-order valence-electron chi connectivity index (χ1n) is 3.41. The van der Waals surface area contributed by atoms with Crippen LogP contribution in [0.1, 0.15) is 25.7 Å². The molecule has 4 heteroatoms. The lowest BCUT2D eigenvalue weighted by Gasteiger charge is -2.40. The number of halogens is 2. The quantitative estimate of drug-likeness (QED) is 0.440. The largest absolute Gasteiger partial charge is 0.310 e. The van der Waals surface area contributed by atoms with E-state index in [9.17, 15) is 0 Å². The molecular formula is C6H12Cl2N2. The Morgan fingerprint density at radius 3 is 1.40 bits per heavy atom. The summed E-state index contributed by atoms with van der Waals surface area (Å²) in [7, 11) is 0. The molecule has 0 aromatic carbocycles. The molecule has 0 aliphatic heterocycles. The maximum Gasteiger partial charge on any atom is 0.123 e. The highest BCUT2D eigenvalue weighted by atomic mass is 35.5. The normalized spacial score (nSPS) is 49.2. The third-order valence-electron chi connectivity index (χ3n) is 2.02. The molecule has 1 aliphatic carbocycles. The van der Waals surface area contributed by atoms with Gasteiger partial charge in [-0.3, -0.25) is 0 Å². The minimum absolute atomic E-state index is 0.703. The van der Waals surface area contributed by atoms with Gasteiger partial charge in [-0.25, -0.2) is 0 Å². The first-order valence-corrected chi connectivity index (χ1v) is 4.17. The van der Waals surface area contributed by atoms with Gasteiger partial charge < -0.3 is 11.5 Å². The Morgan fingerprint density at radius 2 is 1.20 bits per heavy atom. The second-order valence-corrected chi connectivity index (χ2v) is 4.28. The fourth-order valence-electron chi connectivity index (χ4n) is 1.18. The van der Waals surface area contributed by atoms with Gasteiger partial charge in [-0.05, 0) is 12.8 Å². The van der Waals surface area contributed by atoms with Crippen LogP contribution in [0.2, 0.25) is 0 Å². The number of hydrogen-bond donors (Lipinski definition) is 2. The first kappa shape index (κ1) is 8.60. The lowest BCUT2D eigenvalue weighted by Crippen LogP contribution is -2.60. The number of hydrogen-bond acceptors (Lipinski definition) is 2. The summed E-state index contributed by atoms with van der Waals surface area (Å²) in [6.45, 7) is 0. The molecule has 0 radical (unpaired) electrons. The van der Waals surface area contributed by atoms with Crippen molar-refractivity contribution in [3.63, 3.8) is 0 Å². The van der Waals surface area contributed by atoms with Gasteiger partial charge in [0.1, 0.15) is 10.00 Å². The topological polar surface area (TPSA) is 52.0 Å². The summed E-state index contributed by atoms with van der Waals surface area (Å²) in [6, 6.07) is 0. The zero-order chi connectivity index (χ0) is 7.83. The van der Waals surface area contributed by atoms with Gasteiger partial charge in [0.25, 0.3) is 0 Å². The van der Waals surface area contributed by atoms with Crippen molar-refractivity contribution in [3.8, 4) is 0 Å². The van der Waals surface area contributed by atoms with Crippen LogP contribution in [0.5, 0.6) is 0 Å². The summed E-state index contributed by atoms with van der Waals surface area (Å²) in [6.07, 6.45) is 3.44. The summed E-state index contributed by atoms with van der Waals surface area (Å²) in [4.78, 5) is -1.82. The lowest BCUT2D eigenvalue weighted by molar-refractivity contribution is 0.307. The molecule has 0 bridgehead atoms. The number of alkyl halides is 2. The van der Waals surface area contributed by atoms with E-state index in [1.54, 1.807) is 0 Å². The van der Waals surface area contributed by atoms with Crippen LogP contribution in [0.15, 0.2) is 0 Å². The van der Waals surface area contributed by atoms with Crippen LogP contribution in [0.4, 0.5) is 0 Å². The summed E-state index contributed by atoms with van der Waals surface area (Å²) in [5.74, 6) is 0. The van der Waals surface area contributed by atoms with Crippen molar-refractivity contribution in [2.24, 2.45) is 11.5 Å². The standard InChI is InChI=1S/C6H12Cl2N2/c7-5(9)3-1-2-4-6(5,8)10/h1-4,9-10H2/t5-,6-/m1/s1. The zero-order valence-corrected chi connectivity index (χ0v) is 7.25. The van der Waals surface area contributed by atoms with Gasteiger partial charge in [0.05, 0.1) is 0 Å². The smallest absolute Gasteiger partial charge is 0.123 e. The summed E-state index contributed by atoms with van der Waals surface area (Å²) in [5, 5.41) is 0. The minimum Gasteiger partial charge on any atom is -0.310 e. The Hall–Kier alpha value is 0.500. The van der Waals surface area contributed by atoms with E-state index in [2.05, 4.69) is 0 Å². The van der Waals surface area contributed by atoms with Crippen molar-refractivity contribution < 1.29 is 0 Å². The Morgan fingerprint density at radius 1 is 0.900 bits per heavy atom. The molecule has 0 heterocycles. The summed E-state index contributed by atoms with van der Waals surface area (Å²) >= 11 is 11.8. The van der Waals surface area contributed by atoms with E-state index < -0.39 is 10.00 Å². The van der Waals surface area contributed by atoms with E-state index in [4.69, 9.17) is 34.7 Å². The van der Waals surface area contributed by atoms with Crippen LogP contribution in [-0.4, -0.2) is 10.00 Å². The minimum atomic E-state index is -0.910. The third kappa shape index (κ3) is 1.40. The molecule has 4 N–H and O–H groups in total. The van der Waals surface area contributed by atoms with Gasteiger partial charge in [-0.15, -0.1) is 0 Å². The molecule has 1 fully saturated rings. The van der Waals surface area contributed by atoms with Crippen LogP contribution in [0.3, 0.4) is 0 Å². The fraction of sp³-hybridized carbons (Fsp3) is 1.00. The molecule has 2 atom stereocenters. The van der Waals surface area contributed by atoms with Gasteiger partial charge >= 0.3 is 0 Å². The van der Waals surface area contributed by atoms with Crippen LogP contribution in [0, 0.1) is 0 Å². The van der Waals surface area contributed by atoms with Gasteiger partial charge in [-0.1, -0.05) is 36.0 Å². The molecule has 1 rings (SSSR count). The zero-order valence-electron chi connectivity index (χ0n) is 5.74. The Labute approximate surface area is 70.8 Å². The van der Waals surface area contributed by atoms with Gasteiger partial charge in [-0.2, -0.15) is 0 Å². The van der Waals surface area contributed by atoms with Crippen molar-refractivity contribution >= 4 is 23.2 Å². The van der Waals surface area contributed by atoms with Crippen molar-refractivity contribution in [2.75, 3.05) is 0 Å². The molecule has 2 nitrogen and oxygen atoms in total. The Balaban J connectivity index is 2.70. The van der Waals surface area contributed by atoms with E-state index in [1.165, 1.54) is 0 Å². The highest BCUT2D eigenvalue weighted by Crippen LogP contribution is 2.39. The average Bonchev–Trinajstić information content (AvgIpc) is 1.77. The first-order chi connectivity index (χ1) is 4.46. The predicted octanol–water partition coefficient (Wildman–Crippen LogP) is 1.35. The summed E-state index contributed by atoms with van der Waals surface area (Å²) in [5.41, 5.74) is 11.3. The molecular weight excluding hydrogens is 171 g/mol. The molecule has 1 aliphatic rings. The Kier molecular flexibility index (Phi) is 2.17. The van der Waals surface area contributed by atoms with Crippen molar-refractivity contribution in [1.82, 2.24) is 0 Å². The van der Waals surface area contributed by atoms with Crippen LogP contribution in [-0.2, 0) is 0 Å².